The van der Waals surface area contributed by atoms with Crippen LogP contribution in [0.4, 0.5) is 0 Å². The van der Waals surface area contributed by atoms with Gasteiger partial charge in [0.15, 0.2) is 0 Å². The lowest BCUT2D eigenvalue weighted by Gasteiger charge is -2.27. The van der Waals surface area contributed by atoms with Gasteiger partial charge in [0.2, 0.25) is 0 Å². The summed E-state index contributed by atoms with van der Waals surface area (Å²) >= 11 is 6.18. The van der Waals surface area contributed by atoms with Crippen LogP contribution in [-0.4, -0.2) is 6.54 Å². The number of hydrogen-bond donors (Lipinski definition) is 1. The molecule has 82 valence electrons. The Labute approximate surface area is 96.6 Å². The molecule has 1 aromatic carbocycles. The molecule has 2 rings (SSSR count). The Morgan fingerprint density at radius 2 is 1.87 bits per heavy atom. The van der Waals surface area contributed by atoms with Crippen LogP contribution in [0.5, 0.6) is 0 Å². The van der Waals surface area contributed by atoms with Crippen molar-refractivity contribution in [3.63, 3.8) is 0 Å². The molecule has 0 aliphatic heterocycles. The highest BCUT2D eigenvalue weighted by atomic mass is 35.5. The van der Waals surface area contributed by atoms with Gasteiger partial charge in [0.1, 0.15) is 0 Å². The molecule has 0 spiro atoms. The fourth-order valence-electron chi connectivity index (χ4n) is 2.62. The van der Waals surface area contributed by atoms with Crippen LogP contribution >= 0.6 is 11.6 Å². The zero-order valence-corrected chi connectivity index (χ0v) is 9.76. The number of halogens is 1. The molecule has 1 aliphatic carbocycles. The van der Waals surface area contributed by atoms with Crippen LogP contribution in [0.15, 0.2) is 24.3 Å². The first-order valence-electron chi connectivity index (χ1n) is 5.69. The molecule has 0 radical (unpaired) electrons. The molecule has 1 aliphatic rings. The van der Waals surface area contributed by atoms with Crippen LogP contribution in [0.1, 0.15) is 31.2 Å². The molecule has 0 aromatic heterocycles. The second-order valence-electron chi connectivity index (χ2n) is 4.68. The van der Waals surface area contributed by atoms with E-state index >= 15 is 0 Å². The molecule has 15 heavy (non-hydrogen) atoms. The van der Waals surface area contributed by atoms with Crippen molar-refractivity contribution in [2.45, 2.75) is 32.1 Å². The van der Waals surface area contributed by atoms with Gasteiger partial charge in [-0.15, -0.1) is 0 Å². The topological polar surface area (TPSA) is 26.0 Å². The Balaban J connectivity index is 2.16. The van der Waals surface area contributed by atoms with Gasteiger partial charge in [0.25, 0.3) is 0 Å². The molecule has 1 nitrogen and oxygen atoms in total. The second-order valence-corrected chi connectivity index (χ2v) is 5.09. The number of nitrogens with two attached hydrogens (primary N) is 1. The van der Waals surface area contributed by atoms with Crippen LogP contribution in [0.2, 0.25) is 5.02 Å². The van der Waals surface area contributed by atoms with E-state index in [-0.39, 0.29) is 0 Å². The Morgan fingerprint density at radius 1 is 1.20 bits per heavy atom. The largest absolute Gasteiger partial charge is 0.330 e. The molecular weight excluding hydrogens is 206 g/mol. The third-order valence-electron chi connectivity index (χ3n) is 3.62. The summed E-state index contributed by atoms with van der Waals surface area (Å²) in [6.07, 6.45) is 6.20. The van der Waals surface area contributed by atoms with Crippen molar-refractivity contribution in [2.24, 2.45) is 11.1 Å². The summed E-state index contributed by atoms with van der Waals surface area (Å²) in [4.78, 5) is 0. The third-order valence-corrected chi connectivity index (χ3v) is 3.99. The predicted octanol–water partition coefficient (Wildman–Crippen LogP) is 3.40. The molecule has 1 saturated carbocycles. The summed E-state index contributed by atoms with van der Waals surface area (Å²) in [6.45, 7) is 0.790. The van der Waals surface area contributed by atoms with E-state index in [1.165, 1.54) is 31.2 Å². The van der Waals surface area contributed by atoms with E-state index in [0.29, 0.717) is 5.41 Å². The Kier molecular flexibility index (Phi) is 3.32. The highest BCUT2D eigenvalue weighted by Crippen LogP contribution is 2.40. The highest BCUT2D eigenvalue weighted by Gasteiger charge is 2.32. The van der Waals surface area contributed by atoms with E-state index in [9.17, 15) is 0 Å². The molecule has 1 fully saturated rings. The summed E-state index contributed by atoms with van der Waals surface area (Å²) in [5.41, 5.74) is 7.50. The quantitative estimate of drug-likeness (QED) is 0.835. The Morgan fingerprint density at radius 3 is 2.47 bits per heavy atom. The molecule has 0 saturated heterocycles. The van der Waals surface area contributed by atoms with Crippen molar-refractivity contribution in [1.29, 1.82) is 0 Å². The summed E-state index contributed by atoms with van der Waals surface area (Å²) in [5.74, 6) is 0. The average Bonchev–Trinajstić information content (AvgIpc) is 2.71. The van der Waals surface area contributed by atoms with E-state index in [2.05, 4.69) is 12.1 Å². The fourth-order valence-corrected chi connectivity index (χ4v) is 2.83. The summed E-state index contributed by atoms with van der Waals surface area (Å²) in [6, 6.07) is 8.13. The lowest BCUT2D eigenvalue weighted by molar-refractivity contribution is 0.306. The monoisotopic (exact) mass is 223 g/mol. The van der Waals surface area contributed by atoms with Gasteiger partial charge in [-0.2, -0.15) is 0 Å². The van der Waals surface area contributed by atoms with Crippen molar-refractivity contribution in [3.8, 4) is 0 Å². The predicted molar refractivity (Wildman–Crippen MR) is 65.1 cm³/mol. The smallest absolute Gasteiger partial charge is 0.0438 e. The van der Waals surface area contributed by atoms with Crippen molar-refractivity contribution in [2.75, 3.05) is 6.54 Å². The van der Waals surface area contributed by atoms with Crippen LogP contribution in [0.3, 0.4) is 0 Å². The molecule has 0 unspecified atom stereocenters. The number of hydrogen-bond acceptors (Lipinski definition) is 1. The lowest BCUT2D eigenvalue weighted by atomic mass is 9.80. The molecule has 0 amide bonds. The molecule has 0 bridgehead atoms. The molecular formula is C13H18ClN. The molecule has 1 aromatic rings. The first-order chi connectivity index (χ1) is 7.26. The van der Waals surface area contributed by atoms with Gasteiger partial charge in [-0.05, 0) is 42.9 Å². The van der Waals surface area contributed by atoms with Gasteiger partial charge in [0, 0.05) is 5.02 Å². The van der Waals surface area contributed by atoms with Crippen molar-refractivity contribution in [3.05, 3.63) is 34.9 Å². The van der Waals surface area contributed by atoms with Crippen molar-refractivity contribution in [1.82, 2.24) is 0 Å². The third kappa shape index (κ3) is 2.35. The summed E-state index contributed by atoms with van der Waals surface area (Å²) in [7, 11) is 0. The van der Waals surface area contributed by atoms with E-state index < -0.39 is 0 Å². The lowest BCUT2D eigenvalue weighted by Crippen LogP contribution is -2.29. The van der Waals surface area contributed by atoms with Gasteiger partial charge >= 0.3 is 0 Å². The SMILES string of the molecule is NCC1(Cc2ccccc2Cl)CCCC1. The van der Waals surface area contributed by atoms with Crippen molar-refractivity contribution >= 4 is 11.6 Å². The van der Waals surface area contributed by atoms with E-state index in [4.69, 9.17) is 17.3 Å². The minimum absolute atomic E-state index is 0.324. The fraction of sp³-hybridized carbons (Fsp3) is 0.538. The number of rotatable bonds is 3. The Bertz CT molecular complexity index is 329. The van der Waals surface area contributed by atoms with Gasteiger partial charge in [0.05, 0.1) is 0 Å². The molecule has 0 heterocycles. The number of benzene rings is 1. The second kappa shape index (κ2) is 4.54. The zero-order valence-electron chi connectivity index (χ0n) is 9.01. The van der Waals surface area contributed by atoms with Gasteiger partial charge in [-0.25, -0.2) is 0 Å². The van der Waals surface area contributed by atoms with E-state index in [0.717, 1.165) is 18.0 Å². The first-order valence-corrected chi connectivity index (χ1v) is 6.07. The Hall–Kier alpha value is -0.530. The molecule has 2 N–H and O–H groups in total. The standard InChI is InChI=1S/C13H18ClN/c14-12-6-2-1-5-11(12)9-13(10-15)7-3-4-8-13/h1-2,5-6H,3-4,7-10,15H2. The first kappa shape index (κ1) is 11.0. The maximum absolute atomic E-state index is 6.18. The zero-order chi connectivity index (χ0) is 10.7. The van der Waals surface area contributed by atoms with Crippen LogP contribution in [0, 0.1) is 5.41 Å². The highest BCUT2D eigenvalue weighted by molar-refractivity contribution is 6.31. The minimum atomic E-state index is 0.324. The normalized spacial score (nSPS) is 19.3. The molecule has 2 heteroatoms. The molecule has 0 atom stereocenters. The van der Waals surface area contributed by atoms with Crippen LogP contribution in [0.25, 0.3) is 0 Å². The summed E-state index contributed by atoms with van der Waals surface area (Å²) < 4.78 is 0. The van der Waals surface area contributed by atoms with Crippen LogP contribution in [-0.2, 0) is 6.42 Å². The van der Waals surface area contributed by atoms with E-state index in [1.54, 1.807) is 0 Å². The maximum atomic E-state index is 6.18. The minimum Gasteiger partial charge on any atom is -0.330 e. The van der Waals surface area contributed by atoms with Crippen molar-refractivity contribution < 1.29 is 0 Å². The maximum Gasteiger partial charge on any atom is 0.0438 e. The van der Waals surface area contributed by atoms with Crippen LogP contribution < -0.4 is 5.73 Å². The van der Waals surface area contributed by atoms with E-state index in [1.807, 2.05) is 12.1 Å². The van der Waals surface area contributed by atoms with Gasteiger partial charge in [-0.1, -0.05) is 42.6 Å². The summed E-state index contributed by atoms with van der Waals surface area (Å²) in [5, 5.41) is 0.886. The average molecular weight is 224 g/mol. The van der Waals surface area contributed by atoms with Gasteiger partial charge < -0.3 is 5.73 Å². The van der Waals surface area contributed by atoms with Gasteiger partial charge in [-0.3, -0.25) is 0 Å².